The molecule has 0 radical (unpaired) electrons. The van der Waals surface area contributed by atoms with Crippen LogP contribution < -0.4 is 16.4 Å². The Bertz CT molecular complexity index is 1170. The first kappa shape index (κ1) is 30.7. The lowest BCUT2D eigenvalue weighted by molar-refractivity contribution is -0.134. The average molecular weight is 524 g/mol. The fourth-order valence-electron chi connectivity index (χ4n) is 4.70. The molecular formula is C30H41N3O5. The molecule has 206 valence electrons. The van der Waals surface area contributed by atoms with Gasteiger partial charge in [0.15, 0.2) is 5.78 Å². The molecule has 2 aromatic rings. The second-order valence-corrected chi connectivity index (χ2v) is 10.5. The standard InChI is InChI=1S/C30H41N3O5/c1-7-18(4)28(33-20(6)34)27(36)15-24(17(2)3)26(35)16-25(30(38)32-19(5)29(31)37)23-14-10-12-21-11-8-9-13-22(21)23/h8-14,17-19,24-25,28H,7,15-16H2,1-6H3,(H2,31,37)(H,32,38)(H,33,34)/t18-,19-,24-,25?,28-/m0/s1. The number of carbonyl (C=O) groups excluding carboxylic acids is 5. The van der Waals surface area contributed by atoms with Crippen molar-refractivity contribution in [2.24, 2.45) is 23.5 Å². The number of hydrogen-bond acceptors (Lipinski definition) is 5. The Morgan fingerprint density at radius 2 is 1.47 bits per heavy atom. The van der Waals surface area contributed by atoms with Crippen LogP contribution in [0.1, 0.15) is 72.3 Å². The molecule has 2 aromatic carbocycles. The molecule has 0 aliphatic rings. The van der Waals surface area contributed by atoms with E-state index in [1.54, 1.807) is 6.07 Å². The maximum Gasteiger partial charge on any atom is 0.239 e. The number of ketones is 2. The van der Waals surface area contributed by atoms with Crippen LogP contribution in [0.2, 0.25) is 0 Å². The summed E-state index contributed by atoms with van der Waals surface area (Å²) in [4.78, 5) is 63.8. The van der Waals surface area contributed by atoms with E-state index in [4.69, 9.17) is 5.73 Å². The smallest absolute Gasteiger partial charge is 0.239 e. The van der Waals surface area contributed by atoms with E-state index >= 15 is 0 Å². The molecular weight excluding hydrogens is 482 g/mol. The summed E-state index contributed by atoms with van der Waals surface area (Å²) in [7, 11) is 0. The minimum atomic E-state index is -0.911. The molecule has 38 heavy (non-hydrogen) atoms. The predicted molar refractivity (Wildman–Crippen MR) is 148 cm³/mol. The maximum atomic E-state index is 13.7. The Morgan fingerprint density at radius 3 is 2.05 bits per heavy atom. The van der Waals surface area contributed by atoms with Gasteiger partial charge in [-0.2, -0.15) is 0 Å². The summed E-state index contributed by atoms with van der Waals surface area (Å²) in [5.41, 5.74) is 6.03. The van der Waals surface area contributed by atoms with Crippen LogP contribution in [0.3, 0.4) is 0 Å². The molecule has 0 bridgehead atoms. The van der Waals surface area contributed by atoms with Crippen LogP contribution in [0.25, 0.3) is 10.8 Å². The second kappa shape index (κ2) is 13.8. The van der Waals surface area contributed by atoms with Crippen molar-refractivity contribution in [3.05, 3.63) is 48.0 Å². The van der Waals surface area contributed by atoms with Crippen molar-refractivity contribution >= 4 is 40.1 Å². The van der Waals surface area contributed by atoms with Crippen LogP contribution in [0.4, 0.5) is 0 Å². The number of carbonyl (C=O) groups is 5. The summed E-state index contributed by atoms with van der Waals surface area (Å²) >= 11 is 0. The number of fused-ring (bicyclic) bond motifs is 1. The van der Waals surface area contributed by atoms with Crippen molar-refractivity contribution in [2.45, 2.75) is 78.8 Å². The first-order valence-corrected chi connectivity index (χ1v) is 13.3. The molecule has 5 atom stereocenters. The van der Waals surface area contributed by atoms with E-state index in [2.05, 4.69) is 10.6 Å². The molecule has 0 aliphatic carbocycles. The SMILES string of the molecule is CC[C@H](C)[C@H](NC(C)=O)C(=O)C[C@H](C(=O)CC(C(=O)N[C@@H](C)C(N)=O)c1cccc2ccccc12)C(C)C. The minimum Gasteiger partial charge on any atom is -0.368 e. The van der Waals surface area contributed by atoms with Gasteiger partial charge in [0.2, 0.25) is 17.7 Å². The second-order valence-electron chi connectivity index (χ2n) is 10.5. The quantitative estimate of drug-likeness (QED) is 0.347. The molecule has 0 aromatic heterocycles. The number of benzene rings is 2. The van der Waals surface area contributed by atoms with Gasteiger partial charge in [-0.3, -0.25) is 24.0 Å². The average Bonchev–Trinajstić information content (AvgIpc) is 2.87. The van der Waals surface area contributed by atoms with E-state index in [-0.39, 0.29) is 42.2 Å². The lowest BCUT2D eigenvalue weighted by Gasteiger charge is -2.27. The monoisotopic (exact) mass is 523 g/mol. The predicted octanol–water partition coefficient (Wildman–Crippen LogP) is 3.65. The van der Waals surface area contributed by atoms with Gasteiger partial charge < -0.3 is 16.4 Å². The number of Topliss-reactive ketones (excluding diaryl/α,β-unsaturated/α-hetero) is 2. The van der Waals surface area contributed by atoms with E-state index < -0.39 is 35.7 Å². The van der Waals surface area contributed by atoms with Gasteiger partial charge in [0, 0.05) is 25.7 Å². The summed E-state index contributed by atoms with van der Waals surface area (Å²) in [6.45, 7) is 10.4. The van der Waals surface area contributed by atoms with Crippen LogP contribution in [0.5, 0.6) is 0 Å². The molecule has 0 heterocycles. The van der Waals surface area contributed by atoms with E-state index in [0.29, 0.717) is 12.0 Å². The highest BCUT2D eigenvalue weighted by Gasteiger charge is 2.34. The fourth-order valence-corrected chi connectivity index (χ4v) is 4.70. The fraction of sp³-hybridized carbons (Fsp3) is 0.500. The van der Waals surface area contributed by atoms with Crippen LogP contribution in [0.15, 0.2) is 42.5 Å². The number of hydrogen-bond donors (Lipinski definition) is 3. The summed E-state index contributed by atoms with van der Waals surface area (Å²) in [5.74, 6) is -3.65. The van der Waals surface area contributed by atoms with Crippen molar-refractivity contribution in [3.8, 4) is 0 Å². The molecule has 0 spiro atoms. The first-order chi connectivity index (χ1) is 17.9. The maximum absolute atomic E-state index is 13.7. The molecule has 4 N–H and O–H groups in total. The van der Waals surface area contributed by atoms with Gasteiger partial charge >= 0.3 is 0 Å². The molecule has 0 saturated heterocycles. The molecule has 0 fully saturated rings. The molecule has 3 amide bonds. The normalized spacial score (nSPS) is 15.2. The lowest BCUT2D eigenvalue weighted by atomic mass is 9.79. The van der Waals surface area contributed by atoms with Crippen molar-refractivity contribution in [1.29, 1.82) is 0 Å². The number of nitrogens with one attached hydrogen (secondary N) is 2. The number of primary amides is 1. The van der Waals surface area contributed by atoms with Crippen molar-refractivity contribution in [1.82, 2.24) is 10.6 Å². The van der Waals surface area contributed by atoms with Gasteiger partial charge in [-0.25, -0.2) is 0 Å². The van der Waals surface area contributed by atoms with Crippen LogP contribution in [0, 0.1) is 17.8 Å². The minimum absolute atomic E-state index is 0.0344. The van der Waals surface area contributed by atoms with E-state index in [1.165, 1.54) is 13.8 Å². The van der Waals surface area contributed by atoms with E-state index in [1.807, 2.05) is 64.1 Å². The number of amides is 3. The third-order valence-corrected chi connectivity index (χ3v) is 7.26. The Hall–Kier alpha value is -3.55. The van der Waals surface area contributed by atoms with Crippen molar-refractivity contribution < 1.29 is 24.0 Å². The Morgan fingerprint density at radius 1 is 0.842 bits per heavy atom. The van der Waals surface area contributed by atoms with Gasteiger partial charge in [-0.05, 0) is 35.1 Å². The van der Waals surface area contributed by atoms with E-state index in [0.717, 1.165) is 10.8 Å². The molecule has 8 heteroatoms. The van der Waals surface area contributed by atoms with Gasteiger partial charge in [0.05, 0.1) is 12.0 Å². The third-order valence-electron chi connectivity index (χ3n) is 7.26. The molecule has 8 nitrogen and oxygen atoms in total. The van der Waals surface area contributed by atoms with Gasteiger partial charge in [-0.1, -0.05) is 76.6 Å². The Labute approximate surface area is 225 Å². The van der Waals surface area contributed by atoms with Crippen LogP contribution in [-0.2, 0) is 24.0 Å². The molecule has 2 rings (SSSR count). The van der Waals surface area contributed by atoms with Crippen molar-refractivity contribution in [3.63, 3.8) is 0 Å². The summed E-state index contributed by atoms with van der Waals surface area (Å²) in [5, 5.41) is 7.13. The summed E-state index contributed by atoms with van der Waals surface area (Å²) in [6.07, 6.45) is 0.515. The highest BCUT2D eigenvalue weighted by atomic mass is 16.2. The zero-order valence-corrected chi connectivity index (χ0v) is 23.2. The first-order valence-electron chi connectivity index (χ1n) is 13.3. The zero-order valence-electron chi connectivity index (χ0n) is 23.2. The topological polar surface area (TPSA) is 135 Å². The van der Waals surface area contributed by atoms with Gasteiger partial charge in [0.1, 0.15) is 11.8 Å². The summed E-state index contributed by atoms with van der Waals surface area (Å²) in [6, 6.07) is 11.5. The lowest BCUT2D eigenvalue weighted by Crippen LogP contribution is -2.46. The third kappa shape index (κ3) is 7.97. The number of rotatable bonds is 14. The summed E-state index contributed by atoms with van der Waals surface area (Å²) < 4.78 is 0. The number of nitrogens with two attached hydrogens (primary N) is 1. The Balaban J connectivity index is 2.42. The van der Waals surface area contributed by atoms with Gasteiger partial charge in [0.25, 0.3) is 0 Å². The van der Waals surface area contributed by atoms with E-state index in [9.17, 15) is 24.0 Å². The molecule has 0 aliphatic heterocycles. The highest BCUT2D eigenvalue weighted by Crippen LogP contribution is 2.31. The highest BCUT2D eigenvalue weighted by molar-refractivity contribution is 5.99. The zero-order chi connectivity index (χ0) is 28.6. The van der Waals surface area contributed by atoms with Crippen LogP contribution in [-0.4, -0.2) is 41.4 Å². The molecule has 1 unspecified atom stereocenters. The largest absolute Gasteiger partial charge is 0.368 e. The molecule has 0 saturated carbocycles. The Kier molecular flexibility index (Phi) is 11.2. The van der Waals surface area contributed by atoms with Crippen molar-refractivity contribution in [2.75, 3.05) is 0 Å². The van der Waals surface area contributed by atoms with Gasteiger partial charge in [-0.15, -0.1) is 0 Å². The van der Waals surface area contributed by atoms with Crippen LogP contribution >= 0.6 is 0 Å².